The molecule has 0 bridgehead atoms. The number of halogens is 2. The van der Waals surface area contributed by atoms with Gasteiger partial charge in [-0.3, -0.25) is 0 Å². The van der Waals surface area contributed by atoms with E-state index in [0.717, 1.165) is 11.1 Å². The van der Waals surface area contributed by atoms with E-state index in [4.69, 9.17) is 32.8 Å². The minimum absolute atomic E-state index is 0.460. The van der Waals surface area contributed by atoms with E-state index in [1.165, 1.54) is 0 Å². The topological polar surface area (TPSA) is 58.6 Å². The molecule has 23 heavy (non-hydrogen) atoms. The molecule has 3 rings (SSSR count). The maximum absolute atomic E-state index is 8.78. The van der Waals surface area contributed by atoms with Gasteiger partial charge in [0.25, 0.3) is 0 Å². The van der Waals surface area contributed by atoms with E-state index in [0.29, 0.717) is 45.6 Å². The lowest BCUT2D eigenvalue weighted by Crippen LogP contribution is -1.95. The van der Waals surface area contributed by atoms with Crippen molar-refractivity contribution in [1.82, 2.24) is 4.98 Å². The van der Waals surface area contributed by atoms with Crippen LogP contribution in [0.1, 0.15) is 18.9 Å². The van der Waals surface area contributed by atoms with E-state index < -0.39 is 0 Å². The second kappa shape index (κ2) is 6.60. The molecule has 1 aromatic heterocycles. The molecule has 0 spiro atoms. The Morgan fingerprint density at radius 2 is 2.04 bits per heavy atom. The lowest BCUT2D eigenvalue weighted by molar-refractivity contribution is 0.317. The molecule has 0 saturated heterocycles. The van der Waals surface area contributed by atoms with Gasteiger partial charge < -0.3 is 9.62 Å². The number of fused-ring (bicyclic) bond motifs is 1. The number of nitrogens with zero attached hydrogens (tertiary/aromatic N) is 2. The molecule has 1 N–H and O–H groups in total. The third-order valence-electron chi connectivity index (χ3n) is 3.56. The summed E-state index contributed by atoms with van der Waals surface area (Å²) in [6.07, 6.45) is 1.25. The molecule has 2 aromatic carbocycles. The van der Waals surface area contributed by atoms with Crippen LogP contribution in [-0.2, 0) is 6.42 Å². The number of rotatable bonds is 4. The average molecular weight is 349 g/mol. The van der Waals surface area contributed by atoms with Crippen LogP contribution in [0, 0.1) is 0 Å². The summed E-state index contributed by atoms with van der Waals surface area (Å²) in [4.78, 5) is 4.50. The van der Waals surface area contributed by atoms with Crippen molar-refractivity contribution in [1.29, 1.82) is 0 Å². The first kappa shape index (κ1) is 15.8. The highest BCUT2D eigenvalue weighted by Crippen LogP contribution is 2.33. The fourth-order valence-electron chi connectivity index (χ4n) is 2.37. The Morgan fingerprint density at radius 3 is 2.78 bits per heavy atom. The third kappa shape index (κ3) is 3.33. The first-order chi connectivity index (χ1) is 11.1. The zero-order valence-electron chi connectivity index (χ0n) is 12.4. The summed E-state index contributed by atoms with van der Waals surface area (Å²) in [5.41, 5.74) is 3.65. The summed E-state index contributed by atoms with van der Waals surface area (Å²) in [7, 11) is 0. The molecular formula is C17H14Cl2N2O2. The van der Waals surface area contributed by atoms with Gasteiger partial charge in [0, 0.05) is 5.02 Å². The SMILES string of the molecule is C/C(CCc1cc(Cl)cc2nc(-c3ccccc3Cl)oc12)=N\O. The fourth-order valence-corrected chi connectivity index (χ4v) is 2.82. The Bertz CT molecular complexity index is 887. The van der Waals surface area contributed by atoms with E-state index >= 15 is 0 Å². The van der Waals surface area contributed by atoms with Gasteiger partial charge in [0.1, 0.15) is 5.52 Å². The summed E-state index contributed by atoms with van der Waals surface area (Å²) in [6, 6.07) is 11.0. The second-order valence-electron chi connectivity index (χ2n) is 5.25. The molecule has 0 amide bonds. The largest absolute Gasteiger partial charge is 0.436 e. The van der Waals surface area contributed by atoms with Crippen molar-refractivity contribution >= 4 is 40.0 Å². The normalized spacial score (nSPS) is 12.0. The summed E-state index contributed by atoms with van der Waals surface area (Å²) < 4.78 is 5.93. The number of aromatic nitrogens is 1. The lowest BCUT2D eigenvalue weighted by atomic mass is 10.1. The summed E-state index contributed by atoms with van der Waals surface area (Å²) in [5, 5.41) is 13.1. The van der Waals surface area contributed by atoms with Gasteiger partial charge >= 0.3 is 0 Å². The van der Waals surface area contributed by atoms with E-state index in [-0.39, 0.29) is 0 Å². The smallest absolute Gasteiger partial charge is 0.228 e. The Hall–Kier alpha value is -2.04. The van der Waals surface area contributed by atoms with E-state index in [9.17, 15) is 0 Å². The van der Waals surface area contributed by atoms with Gasteiger partial charge in [-0.15, -0.1) is 0 Å². The minimum atomic E-state index is 0.460. The molecule has 1 heterocycles. The zero-order chi connectivity index (χ0) is 16.4. The lowest BCUT2D eigenvalue weighted by Gasteiger charge is -2.02. The molecule has 0 fully saturated rings. The highest BCUT2D eigenvalue weighted by atomic mass is 35.5. The maximum atomic E-state index is 8.78. The molecule has 0 unspecified atom stereocenters. The molecule has 0 saturated carbocycles. The second-order valence-corrected chi connectivity index (χ2v) is 6.09. The van der Waals surface area contributed by atoms with Crippen molar-refractivity contribution in [2.75, 3.05) is 0 Å². The first-order valence-electron chi connectivity index (χ1n) is 7.10. The van der Waals surface area contributed by atoms with Gasteiger partial charge in [-0.25, -0.2) is 4.98 Å². The van der Waals surface area contributed by atoms with Gasteiger partial charge in [-0.05, 0) is 49.6 Å². The predicted molar refractivity (Wildman–Crippen MR) is 92.7 cm³/mol. The van der Waals surface area contributed by atoms with E-state index in [2.05, 4.69) is 10.1 Å². The molecule has 0 aliphatic carbocycles. The fraction of sp³-hybridized carbons (Fsp3) is 0.176. The summed E-state index contributed by atoms with van der Waals surface area (Å²) in [5.74, 6) is 0.460. The van der Waals surface area contributed by atoms with Crippen LogP contribution in [-0.4, -0.2) is 15.9 Å². The number of oxime groups is 1. The van der Waals surface area contributed by atoms with Crippen molar-refractivity contribution in [3.8, 4) is 11.5 Å². The molecule has 118 valence electrons. The monoisotopic (exact) mass is 348 g/mol. The average Bonchev–Trinajstić information content (AvgIpc) is 2.96. The minimum Gasteiger partial charge on any atom is -0.436 e. The highest BCUT2D eigenvalue weighted by Gasteiger charge is 2.15. The van der Waals surface area contributed by atoms with Crippen LogP contribution in [0.5, 0.6) is 0 Å². The Balaban J connectivity index is 2.07. The number of benzene rings is 2. The summed E-state index contributed by atoms with van der Waals surface area (Å²) in [6.45, 7) is 1.76. The molecule has 3 aromatic rings. The number of hydrogen-bond donors (Lipinski definition) is 1. The third-order valence-corrected chi connectivity index (χ3v) is 4.11. The van der Waals surface area contributed by atoms with Crippen molar-refractivity contribution in [3.63, 3.8) is 0 Å². The van der Waals surface area contributed by atoms with E-state index in [1.807, 2.05) is 24.3 Å². The van der Waals surface area contributed by atoms with Crippen LogP contribution >= 0.6 is 23.2 Å². The van der Waals surface area contributed by atoms with Crippen LogP contribution in [0.15, 0.2) is 46.0 Å². The van der Waals surface area contributed by atoms with Crippen LogP contribution in [0.4, 0.5) is 0 Å². The van der Waals surface area contributed by atoms with Gasteiger partial charge in [-0.1, -0.05) is 40.5 Å². The molecule has 6 heteroatoms. The quantitative estimate of drug-likeness (QED) is 0.380. The highest BCUT2D eigenvalue weighted by molar-refractivity contribution is 6.33. The Kier molecular flexibility index (Phi) is 4.55. The number of aryl methyl sites for hydroxylation is 1. The van der Waals surface area contributed by atoms with Crippen molar-refractivity contribution in [2.24, 2.45) is 5.16 Å². The van der Waals surface area contributed by atoms with E-state index in [1.54, 1.807) is 19.1 Å². The summed E-state index contributed by atoms with van der Waals surface area (Å²) >= 11 is 12.4. The molecule has 4 nitrogen and oxygen atoms in total. The Morgan fingerprint density at radius 1 is 1.26 bits per heavy atom. The van der Waals surface area contributed by atoms with Gasteiger partial charge in [0.2, 0.25) is 5.89 Å². The van der Waals surface area contributed by atoms with Gasteiger partial charge in [0.15, 0.2) is 5.58 Å². The van der Waals surface area contributed by atoms with Crippen LogP contribution in [0.25, 0.3) is 22.6 Å². The maximum Gasteiger partial charge on any atom is 0.228 e. The van der Waals surface area contributed by atoms with Crippen LogP contribution < -0.4 is 0 Å². The van der Waals surface area contributed by atoms with Crippen molar-refractivity contribution in [3.05, 3.63) is 52.0 Å². The number of oxazole rings is 1. The van der Waals surface area contributed by atoms with Crippen molar-refractivity contribution in [2.45, 2.75) is 19.8 Å². The molecule has 0 atom stereocenters. The zero-order valence-corrected chi connectivity index (χ0v) is 13.9. The predicted octanol–water partition coefficient (Wildman–Crippen LogP) is 5.58. The number of hydrogen-bond acceptors (Lipinski definition) is 4. The van der Waals surface area contributed by atoms with Gasteiger partial charge in [0.05, 0.1) is 16.3 Å². The first-order valence-corrected chi connectivity index (χ1v) is 7.85. The Labute approximate surface area is 143 Å². The van der Waals surface area contributed by atoms with Crippen LogP contribution in [0.2, 0.25) is 10.0 Å². The molecule has 0 radical (unpaired) electrons. The molecule has 0 aliphatic heterocycles. The standard InChI is InChI=1S/C17H14Cl2N2O2/c1-10(21-22)6-7-11-8-12(18)9-15-16(11)23-17(20-15)13-4-2-3-5-14(13)19/h2-5,8-9,22H,6-7H2,1H3/b21-10+. The molecule has 0 aliphatic rings. The molecular weight excluding hydrogens is 335 g/mol. The van der Waals surface area contributed by atoms with Crippen molar-refractivity contribution < 1.29 is 9.62 Å². The van der Waals surface area contributed by atoms with Gasteiger partial charge in [-0.2, -0.15) is 0 Å². The van der Waals surface area contributed by atoms with Crippen LogP contribution in [0.3, 0.4) is 0 Å².